The summed E-state index contributed by atoms with van der Waals surface area (Å²) in [5.41, 5.74) is 0.665. The standard InChI is InChI=1S/C12H10BrNO5/c1-19-12(16)11(15)9-8(10(9)14(17)18)6-3-2-4-7(13)5-6/h2-5,8-10H,1H3/t8-,9+,10+/m0/s1. The Morgan fingerprint density at radius 1 is 1.42 bits per heavy atom. The number of benzene rings is 1. The maximum Gasteiger partial charge on any atom is 0.374 e. The number of halogens is 1. The van der Waals surface area contributed by atoms with Crippen LogP contribution in [0.5, 0.6) is 0 Å². The van der Waals surface area contributed by atoms with Crippen molar-refractivity contribution in [2.75, 3.05) is 7.11 Å². The van der Waals surface area contributed by atoms with Gasteiger partial charge in [-0.2, -0.15) is 0 Å². The average molecular weight is 328 g/mol. The lowest BCUT2D eigenvalue weighted by atomic mass is 10.1. The van der Waals surface area contributed by atoms with E-state index >= 15 is 0 Å². The van der Waals surface area contributed by atoms with Gasteiger partial charge in [-0.25, -0.2) is 4.79 Å². The van der Waals surface area contributed by atoms with Crippen LogP contribution in [0, 0.1) is 16.0 Å². The Labute approximate surface area is 117 Å². The molecule has 0 heterocycles. The zero-order valence-electron chi connectivity index (χ0n) is 9.91. The van der Waals surface area contributed by atoms with Crippen LogP contribution in [0.25, 0.3) is 0 Å². The molecule has 0 saturated heterocycles. The topological polar surface area (TPSA) is 86.5 Å². The largest absolute Gasteiger partial charge is 0.463 e. The lowest BCUT2D eigenvalue weighted by Crippen LogP contribution is -2.21. The van der Waals surface area contributed by atoms with Crippen LogP contribution in [-0.4, -0.2) is 29.8 Å². The Hall–Kier alpha value is -1.76. The lowest BCUT2D eigenvalue weighted by molar-refractivity contribution is -0.498. The number of rotatable bonds is 4. The van der Waals surface area contributed by atoms with Crippen LogP contribution in [0.1, 0.15) is 11.5 Å². The van der Waals surface area contributed by atoms with Crippen molar-refractivity contribution in [1.29, 1.82) is 0 Å². The highest BCUT2D eigenvalue weighted by atomic mass is 79.9. The van der Waals surface area contributed by atoms with Gasteiger partial charge in [0.2, 0.25) is 6.04 Å². The molecule has 1 aromatic carbocycles. The van der Waals surface area contributed by atoms with Gasteiger partial charge in [0.15, 0.2) is 0 Å². The zero-order valence-corrected chi connectivity index (χ0v) is 11.5. The first-order valence-corrected chi connectivity index (χ1v) is 6.27. The molecule has 1 aliphatic rings. The van der Waals surface area contributed by atoms with Gasteiger partial charge in [0.05, 0.1) is 13.0 Å². The number of ketones is 1. The molecule has 0 aliphatic heterocycles. The van der Waals surface area contributed by atoms with Gasteiger partial charge in [0.1, 0.15) is 5.92 Å². The number of Topliss-reactive ketones (excluding diaryl/α,β-unsaturated/α-hetero) is 1. The van der Waals surface area contributed by atoms with Crippen LogP contribution in [0.3, 0.4) is 0 Å². The smallest absolute Gasteiger partial charge is 0.374 e. The third-order valence-corrected chi connectivity index (χ3v) is 3.64. The minimum Gasteiger partial charge on any atom is -0.463 e. The molecule has 3 atom stereocenters. The van der Waals surface area contributed by atoms with E-state index in [1.165, 1.54) is 0 Å². The maximum absolute atomic E-state index is 11.7. The first kappa shape index (κ1) is 13.7. The second kappa shape index (κ2) is 5.08. The molecule has 0 N–H and O–H groups in total. The molecule has 0 unspecified atom stereocenters. The van der Waals surface area contributed by atoms with Gasteiger partial charge in [-0.15, -0.1) is 0 Å². The summed E-state index contributed by atoms with van der Waals surface area (Å²) in [6.07, 6.45) is 0. The number of methoxy groups -OCH3 is 1. The Morgan fingerprint density at radius 3 is 2.63 bits per heavy atom. The molecule has 7 heteroatoms. The van der Waals surface area contributed by atoms with Crippen molar-refractivity contribution in [2.24, 2.45) is 5.92 Å². The quantitative estimate of drug-likeness (QED) is 0.362. The Kier molecular flexibility index (Phi) is 3.66. The van der Waals surface area contributed by atoms with Crippen molar-refractivity contribution in [3.8, 4) is 0 Å². The van der Waals surface area contributed by atoms with E-state index in [0.717, 1.165) is 11.6 Å². The van der Waals surface area contributed by atoms with Crippen LogP contribution in [-0.2, 0) is 14.3 Å². The van der Waals surface area contributed by atoms with E-state index in [4.69, 9.17) is 0 Å². The number of hydrogen-bond donors (Lipinski definition) is 0. The van der Waals surface area contributed by atoms with Gasteiger partial charge in [-0.1, -0.05) is 28.1 Å². The maximum atomic E-state index is 11.7. The highest BCUT2D eigenvalue weighted by Crippen LogP contribution is 2.50. The van der Waals surface area contributed by atoms with Gasteiger partial charge < -0.3 is 4.74 Å². The SMILES string of the molecule is COC(=O)C(=O)[C@@H]1[C@H](c2cccc(Br)c2)[C@H]1[N+](=O)[O-]. The molecule has 0 bridgehead atoms. The predicted molar refractivity (Wildman–Crippen MR) is 68.2 cm³/mol. The van der Waals surface area contributed by atoms with E-state index in [1.54, 1.807) is 24.3 Å². The van der Waals surface area contributed by atoms with E-state index in [1.807, 2.05) is 0 Å². The number of nitrogens with zero attached hydrogens (tertiary/aromatic N) is 1. The van der Waals surface area contributed by atoms with Crippen molar-refractivity contribution in [3.05, 3.63) is 44.4 Å². The van der Waals surface area contributed by atoms with Gasteiger partial charge in [0.25, 0.3) is 5.78 Å². The van der Waals surface area contributed by atoms with Crippen LogP contribution in [0.15, 0.2) is 28.7 Å². The number of hydrogen-bond acceptors (Lipinski definition) is 5. The van der Waals surface area contributed by atoms with E-state index in [0.29, 0.717) is 5.56 Å². The summed E-state index contributed by atoms with van der Waals surface area (Å²) in [5, 5.41) is 10.9. The summed E-state index contributed by atoms with van der Waals surface area (Å²) in [7, 11) is 1.08. The van der Waals surface area contributed by atoms with E-state index in [2.05, 4.69) is 20.7 Å². The van der Waals surface area contributed by atoms with Gasteiger partial charge in [0, 0.05) is 9.40 Å². The molecular formula is C12H10BrNO5. The predicted octanol–water partition coefficient (Wildman–Crippen LogP) is 1.55. The van der Waals surface area contributed by atoms with Crippen molar-refractivity contribution in [2.45, 2.75) is 12.0 Å². The molecule has 0 aromatic heterocycles. The number of nitro groups is 1. The molecule has 19 heavy (non-hydrogen) atoms. The number of carbonyl (C=O) groups is 2. The normalized spacial score (nSPS) is 24.6. The summed E-state index contributed by atoms with van der Waals surface area (Å²) in [4.78, 5) is 33.4. The Morgan fingerprint density at radius 2 is 2.11 bits per heavy atom. The van der Waals surface area contributed by atoms with E-state index in [9.17, 15) is 19.7 Å². The van der Waals surface area contributed by atoms with E-state index in [-0.39, 0.29) is 0 Å². The Bertz CT molecular complexity index is 559. The summed E-state index contributed by atoms with van der Waals surface area (Å²) in [5.74, 6) is -3.38. The highest BCUT2D eigenvalue weighted by Gasteiger charge is 2.66. The van der Waals surface area contributed by atoms with E-state index < -0.39 is 34.6 Å². The molecule has 0 radical (unpaired) electrons. The second-order valence-corrected chi connectivity index (χ2v) is 5.15. The first-order chi connectivity index (χ1) is 8.97. The van der Waals surface area contributed by atoms with Crippen molar-refractivity contribution in [3.63, 3.8) is 0 Å². The van der Waals surface area contributed by atoms with Crippen LogP contribution in [0.2, 0.25) is 0 Å². The van der Waals surface area contributed by atoms with Gasteiger partial charge in [-0.05, 0) is 17.7 Å². The summed E-state index contributed by atoms with van der Waals surface area (Å²) >= 11 is 3.27. The third-order valence-electron chi connectivity index (χ3n) is 3.15. The first-order valence-electron chi connectivity index (χ1n) is 5.48. The van der Waals surface area contributed by atoms with Gasteiger partial charge in [-0.3, -0.25) is 14.9 Å². The fraction of sp³-hybridized carbons (Fsp3) is 0.333. The summed E-state index contributed by atoms with van der Waals surface area (Å²) in [6, 6.07) is 5.88. The third kappa shape index (κ3) is 2.51. The minimum absolute atomic E-state index is 0.517. The fourth-order valence-electron chi connectivity index (χ4n) is 2.23. The lowest BCUT2D eigenvalue weighted by Gasteiger charge is -1.98. The van der Waals surface area contributed by atoms with Crippen LogP contribution < -0.4 is 0 Å². The zero-order chi connectivity index (χ0) is 14.2. The molecular weight excluding hydrogens is 318 g/mol. The second-order valence-electron chi connectivity index (χ2n) is 4.24. The average Bonchev–Trinajstić information content (AvgIpc) is 3.12. The molecule has 0 amide bonds. The highest BCUT2D eigenvalue weighted by molar-refractivity contribution is 9.10. The molecule has 1 fully saturated rings. The molecule has 100 valence electrons. The fourth-order valence-corrected chi connectivity index (χ4v) is 2.65. The summed E-state index contributed by atoms with van der Waals surface area (Å²) < 4.78 is 5.10. The molecule has 6 nitrogen and oxygen atoms in total. The van der Waals surface area contributed by atoms with Crippen LogP contribution >= 0.6 is 15.9 Å². The Balaban J connectivity index is 2.28. The van der Waals surface area contributed by atoms with Crippen molar-refractivity contribution in [1.82, 2.24) is 0 Å². The molecule has 1 aromatic rings. The van der Waals surface area contributed by atoms with Gasteiger partial charge >= 0.3 is 5.97 Å². The molecule has 1 aliphatic carbocycles. The van der Waals surface area contributed by atoms with Crippen LogP contribution in [0.4, 0.5) is 0 Å². The molecule has 2 rings (SSSR count). The monoisotopic (exact) mass is 327 g/mol. The number of carbonyl (C=O) groups excluding carboxylic acids is 2. The minimum atomic E-state index is -1.05. The molecule has 1 saturated carbocycles. The van der Waals surface area contributed by atoms with Crippen molar-refractivity contribution >= 4 is 27.7 Å². The van der Waals surface area contributed by atoms with Crippen molar-refractivity contribution < 1.29 is 19.2 Å². The number of ether oxygens (including phenoxy) is 1. The summed E-state index contributed by atoms with van der Waals surface area (Å²) in [6.45, 7) is 0. The number of esters is 1. The molecule has 0 spiro atoms.